The average molecular weight is 342 g/mol. The van der Waals surface area contributed by atoms with Crippen LogP contribution >= 0.6 is 11.3 Å². The molecule has 1 fully saturated rings. The van der Waals surface area contributed by atoms with Crippen molar-refractivity contribution >= 4 is 23.0 Å². The van der Waals surface area contributed by atoms with Gasteiger partial charge in [0.15, 0.2) is 5.78 Å². The van der Waals surface area contributed by atoms with Crippen LogP contribution in [0.2, 0.25) is 0 Å². The molecular formula is C19H22N2O2S. The van der Waals surface area contributed by atoms with Gasteiger partial charge < -0.3 is 4.90 Å². The summed E-state index contributed by atoms with van der Waals surface area (Å²) < 4.78 is 0. The van der Waals surface area contributed by atoms with Gasteiger partial charge in [-0.05, 0) is 19.8 Å². The number of rotatable bonds is 3. The summed E-state index contributed by atoms with van der Waals surface area (Å²) >= 11 is 1.43. The van der Waals surface area contributed by atoms with E-state index < -0.39 is 0 Å². The van der Waals surface area contributed by atoms with Gasteiger partial charge in [0, 0.05) is 29.6 Å². The lowest BCUT2D eigenvalue weighted by atomic mass is 10.1. The zero-order valence-corrected chi connectivity index (χ0v) is 14.8. The Kier molecular flexibility index (Phi) is 5.41. The smallest absolute Gasteiger partial charge is 0.273 e. The third kappa shape index (κ3) is 3.73. The zero-order chi connectivity index (χ0) is 16.9. The normalized spacial score (nSPS) is 15.6. The maximum atomic E-state index is 12.7. The monoisotopic (exact) mass is 342 g/mol. The van der Waals surface area contributed by atoms with Crippen molar-refractivity contribution in [3.8, 4) is 10.6 Å². The molecule has 0 atom stereocenters. The van der Waals surface area contributed by atoms with Gasteiger partial charge in [-0.25, -0.2) is 4.98 Å². The quantitative estimate of drug-likeness (QED) is 0.776. The highest BCUT2D eigenvalue weighted by molar-refractivity contribution is 7.13. The maximum absolute atomic E-state index is 12.7. The third-order valence-electron chi connectivity index (χ3n) is 4.40. The first kappa shape index (κ1) is 16.8. The topological polar surface area (TPSA) is 50.3 Å². The summed E-state index contributed by atoms with van der Waals surface area (Å²) in [5.74, 6) is 0.0251. The van der Waals surface area contributed by atoms with Crippen LogP contribution in [-0.2, 0) is 0 Å². The van der Waals surface area contributed by atoms with Crippen LogP contribution in [0.15, 0.2) is 29.6 Å². The molecule has 3 rings (SSSR count). The molecule has 5 heteroatoms. The second-order valence-corrected chi connectivity index (χ2v) is 7.06. The van der Waals surface area contributed by atoms with Gasteiger partial charge in [-0.2, -0.15) is 0 Å². The molecule has 0 radical (unpaired) electrons. The molecule has 126 valence electrons. The van der Waals surface area contributed by atoms with Crippen LogP contribution in [0.1, 0.15) is 59.9 Å². The van der Waals surface area contributed by atoms with Crippen molar-refractivity contribution in [2.45, 2.75) is 39.0 Å². The number of ketones is 1. The van der Waals surface area contributed by atoms with Gasteiger partial charge in [-0.15, -0.1) is 11.3 Å². The molecule has 0 bridgehead atoms. The van der Waals surface area contributed by atoms with Crippen molar-refractivity contribution in [3.63, 3.8) is 0 Å². The number of nitrogens with zero attached hydrogens (tertiary/aromatic N) is 2. The molecule has 4 nitrogen and oxygen atoms in total. The number of benzene rings is 1. The molecule has 1 aromatic carbocycles. The van der Waals surface area contributed by atoms with Crippen molar-refractivity contribution in [1.82, 2.24) is 9.88 Å². The molecule has 0 saturated carbocycles. The standard InChI is InChI=1S/C19H22N2O2S/c1-14(22)15-9-5-6-10-16(15)18-20-17(13-24-18)19(23)21-11-7-3-2-4-8-12-21/h5-6,9-10,13H,2-4,7-8,11-12H2,1H3. The molecule has 2 aromatic rings. The molecular weight excluding hydrogens is 320 g/mol. The largest absolute Gasteiger partial charge is 0.337 e. The van der Waals surface area contributed by atoms with Gasteiger partial charge >= 0.3 is 0 Å². The Bertz CT molecular complexity index is 730. The molecule has 0 N–H and O–H groups in total. The van der Waals surface area contributed by atoms with Gasteiger partial charge in [0.1, 0.15) is 10.7 Å². The Morgan fingerprint density at radius 1 is 1.04 bits per heavy atom. The number of hydrogen-bond donors (Lipinski definition) is 0. The second kappa shape index (κ2) is 7.71. The summed E-state index contributed by atoms with van der Waals surface area (Å²) in [6, 6.07) is 7.43. The maximum Gasteiger partial charge on any atom is 0.273 e. The van der Waals surface area contributed by atoms with Crippen molar-refractivity contribution in [1.29, 1.82) is 0 Å². The first-order chi connectivity index (χ1) is 11.7. The van der Waals surface area contributed by atoms with E-state index in [0.717, 1.165) is 36.5 Å². The van der Waals surface area contributed by atoms with E-state index in [4.69, 9.17) is 0 Å². The lowest BCUT2D eigenvalue weighted by molar-refractivity contribution is 0.0737. The molecule has 0 unspecified atom stereocenters. The number of Topliss-reactive ketones (excluding diaryl/α,β-unsaturated/α-hetero) is 1. The number of hydrogen-bond acceptors (Lipinski definition) is 4. The predicted octanol–water partition coefficient (Wildman–Crippen LogP) is 4.42. The molecule has 0 aliphatic carbocycles. The summed E-state index contributed by atoms with van der Waals surface area (Å²) in [6.45, 7) is 3.18. The van der Waals surface area contributed by atoms with Crippen LogP contribution < -0.4 is 0 Å². The number of aromatic nitrogens is 1. The predicted molar refractivity (Wildman–Crippen MR) is 96.5 cm³/mol. The van der Waals surface area contributed by atoms with Gasteiger partial charge in [0.05, 0.1) is 0 Å². The van der Waals surface area contributed by atoms with Crippen LogP contribution in [-0.4, -0.2) is 34.7 Å². The van der Waals surface area contributed by atoms with Crippen molar-refractivity contribution in [2.75, 3.05) is 13.1 Å². The summed E-state index contributed by atoms with van der Waals surface area (Å²) in [5.41, 5.74) is 1.95. The molecule has 0 spiro atoms. The van der Waals surface area contributed by atoms with Gasteiger partial charge in [-0.3, -0.25) is 9.59 Å². The fourth-order valence-electron chi connectivity index (χ4n) is 3.08. The average Bonchev–Trinajstić information content (AvgIpc) is 3.04. The van der Waals surface area contributed by atoms with Crippen LogP contribution in [0.3, 0.4) is 0 Å². The molecule has 1 saturated heterocycles. The Balaban J connectivity index is 1.82. The van der Waals surface area contributed by atoms with Crippen molar-refractivity contribution < 1.29 is 9.59 Å². The number of carbonyl (C=O) groups excluding carboxylic acids is 2. The minimum absolute atomic E-state index is 0.0115. The second-order valence-electron chi connectivity index (χ2n) is 6.20. The SMILES string of the molecule is CC(=O)c1ccccc1-c1nc(C(=O)N2CCCCCCC2)cs1. The lowest BCUT2D eigenvalue weighted by Crippen LogP contribution is -2.34. The number of thiazole rings is 1. The van der Waals surface area contributed by atoms with Crippen LogP contribution in [0.5, 0.6) is 0 Å². The fraction of sp³-hybridized carbons (Fsp3) is 0.421. The van der Waals surface area contributed by atoms with E-state index in [2.05, 4.69) is 4.98 Å². The van der Waals surface area contributed by atoms with Crippen molar-refractivity contribution in [2.24, 2.45) is 0 Å². The summed E-state index contributed by atoms with van der Waals surface area (Å²) in [6.07, 6.45) is 5.78. The zero-order valence-electron chi connectivity index (χ0n) is 14.0. The Hall–Kier alpha value is -2.01. The van der Waals surface area contributed by atoms with Crippen LogP contribution in [0.25, 0.3) is 10.6 Å². The summed E-state index contributed by atoms with van der Waals surface area (Å²) in [4.78, 5) is 31.0. The number of carbonyl (C=O) groups is 2. The Morgan fingerprint density at radius 2 is 1.71 bits per heavy atom. The summed E-state index contributed by atoms with van der Waals surface area (Å²) in [5, 5.41) is 2.55. The first-order valence-electron chi connectivity index (χ1n) is 8.52. The number of likely N-dealkylation sites (tertiary alicyclic amines) is 1. The minimum Gasteiger partial charge on any atom is -0.337 e. The molecule has 1 aromatic heterocycles. The first-order valence-corrected chi connectivity index (χ1v) is 9.40. The molecule has 24 heavy (non-hydrogen) atoms. The van der Waals surface area contributed by atoms with Gasteiger partial charge in [-0.1, -0.05) is 43.5 Å². The molecule has 1 amide bonds. The molecule has 1 aliphatic rings. The van der Waals surface area contributed by atoms with E-state index in [1.165, 1.54) is 30.6 Å². The molecule has 1 aliphatic heterocycles. The van der Waals surface area contributed by atoms with E-state index in [1.807, 2.05) is 28.5 Å². The van der Waals surface area contributed by atoms with E-state index in [0.29, 0.717) is 11.3 Å². The Labute approximate surface area is 146 Å². The number of amides is 1. The van der Waals surface area contributed by atoms with E-state index in [9.17, 15) is 9.59 Å². The minimum atomic E-state index is 0.0115. The highest BCUT2D eigenvalue weighted by atomic mass is 32.1. The van der Waals surface area contributed by atoms with Gasteiger partial charge in [0.25, 0.3) is 5.91 Å². The van der Waals surface area contributed by atoms with E-state index >= 15 is 0 Å². The molecule has 2 heterocycles. The third-order valence-corrected chi connectivity index (χ3v) is 5.28. The lowest BCUT2D eigenvalue weighted by Gasteiger charge is -2.23. The van der Waals surface area contributed by atoms with E-state index in [-0.39, 0.29) is 11.7 Å². The fourth-order valence-corrected chi connectivity index (χ4v) is 3.92. The highest BCUT2D eigenvalue weighted by Crippen LogP contribution is 2.28. The Morgan fingerprint density at radius 3 is 2.42 bits per heavy atom. The van der Waals surface area contributed by atoms with Crippen LogP contribution in [0.4, 0.5) is 0 Å². The van der Waals surface area contributed by atoms with E-state index in [1.54, 1.807) is 13.0 Å². The summed E-state index contributed by atoms with van der Waals surface area (Å²) in [7, 11) is 0. The highest BCUT2D eigenvalue weighted by Gasteiger charge is 2.20. The van der Waals surface area contributed by atoms with Gasteiger partial charge in [0.2, 0.25) is 0 Å². The van der Waals surface area contributed by atoms with Crippen molar-refractivity contribution in [3.05, 3.63) is 40.9 Å². The van der Waals surface area contributed by atoms with Crippen LogP contribution in [0, 0.1) is 0 Å².